The lowest BCUT2D eigenvalue weighted by Crippen LogP contribution is -2.19. The van der Waals surface area contributed by atoms with Crippen LogP contribution in [0.15, 0.2) is 59.8 Å². The van der Waals surface area contributed by atoms with Crippen molar-refractivity contribution in [2.24, 2.45) is 5.10 Å². The van der Waals surface area contributed by atoms with Crippen molar-refractivity contribution in [3.63, 3.8) is 0 Å². The number of halogens is 2. The fourth-order valence-electron chi connectivity index (χ4n) is 3.82. The van der Waals surface area contributed by atoms with E-state index in [1.54, 1.807) is 12.1 Å². The van der Waals surface area contributed by atoms with Crippen LogP contribution in [0, 0.1) is 11.6 Å². The molecule has 1 aliphatic heterocycles. The summed E-state index contributed by atoms with van der Waals surface area (Å²) in [4.78, 5) is 12.5. The number of benzene rings is 1. The lowest BCUT2D eigenvalue weighted by molar-refractivity contribution is -0.119. The van der Waals surface area contributed by atoms with Gasteiger partial charge in [-0.2, -0.15) is 5.10 Å². The SMILES string of the molecule is C=C/C=C(\C=C/C)C1=NNC(CCCC(=O)CC(CCC)c2ccc(F)c(F)c2)C1. The smallest absolute Gasteiger partial charge is 0.159 e. The Morgan fingerprint density at radius 1 is 1.37 bits per heavy atom. The van der Waals surface area contributed by atoms with E-state index in [0.717, 1.165) is 49.5 Å². The number of Topliss-reactive ketones (excluding diaryl/α,β-unsaturated/α-hetero) is 1. The standard InChI is InChI=1S/C25H32F2N2O/c1-4-8-18(9-5-2)25-17-21(28-29-25)11-7-12-22(30)15-19(10-6-3)20-13-14-23(26)24(27)16-20/h4-5,8-9,13-14,16,19,21,28H,1,6-7,10-12,15,17H2,2-3H3/b9-5-,18-8+. The first-order valence-electron chi connectivity index (χ1n) is 10.7. The van der Waals surface area contributed by atoms with Crippen molar-refractivity contribution < 1.29 is 13.6 Å². The Bertz CT molecular complexity index is 826. The quantitative estimate of drug-likeness (QED) is 0.403. The molecular weight excluding hydrogens is 382 g/mol. The second kappa shape index (κ2) is 12.2. The van der Waals surface area contributed by atoms with Crippen LogP contribution in [0.4, 0.5) is 8.78 Å². The molecule has 0 radical (unpaired) electrons. The van der Waals surface area contributed by atoms with Crippen LogP contribution in [0.2, 0.25) is 0 Å². The highest BCUT2D eigenvalue weighted by Crippen LogP contribution is 2.27. The summed E-state index contributed by atoms with van der Waals surface area (Å²) in [7, 11) is 0. The van der Waals surface area contributed by atoms with Crippen LogP contribution in [-0.4, -0.2) is 17.5 Å². The van der Waals surface area contributed by atoms with Crippen molar-refractivity contribution in [2.75, 3.05) is 0 Å². The van der Waals surface area contributed by atoms with Crippen LogP contribution < -0.4 is 5.43 Å². The van der Waals surface area contributed by atoms with Gasteiger partial charge in [0, 0.05) is 25.3 Å². The predicted molar refractivity (Wildman–Crippen MR) is 120 cm³/mol. The number of hydrogen-bond donors (Lipinski definition) is 1. The summed E-state index contributed by atoms with van der Waals surface area (Å²) in [6.45, 7) is 7.75. The van der Waals surface area contributed by atoms with Gasteiger partial charge in [0.05, 0.1) is 5.71 Å². The van der Waals surface area contributed by atoms with Gasteiger partial charge in [-0.05, 0) is 55.4 Å². The molecule has 0 bridgehead atoms. The Kier molecular flexibility index (Phi) is 9.65. The molecule has 1 N–H and O–H groups in total. The van der Waals surface area contributed by atoms with Crippen molar-refractivity contribution in [3.8, 4) is 0 Å². The Hall–Kier alpha value is -2.56. The number of nitrogens with zero attached hydrogens (tertiary/aromatic N) is 1. The molecule has 0 aromatic heterocycles. The number of rotatable bonds is 12. The van der Waals surface area contributed by atoms with Gasteiger partial charge in [-0.15, -0.1) is 0 Å². The summed E-state index contributed by atoms with van der Waals surface area (Å²) >= 11 is 0. The largest absolute Gasteiger partial charge is 0.306 e. The first kappa shape index (κ1) is 23.7. The van der Waals surface area contributed by atoms with Crippen molar-refractivity contribution in [3.05, 3.63) is 71.9 Å². The number of nitrogens with one attached hydrogen (secondary N) is 1. The molecule has 5 heteroatoms. The summed E-state index contributed by atoms with van der Waals surface area (Å²) in [5.41, 5.74) is 5.92. The van der Waals surface area contributed by atoms with Crippen molar-refractivity contribution in [2.45, 2.75) is 70.8 Å². The zero-order valence-electron chi connectivity index (χ0n) is 18.0. The molecule has 3 nitrogen and oxygen atoms in total. The molecule has 1 heterocycles. The maximum atomic E-state index is 13.6. The second-order valence-electron chi connectivity index (χ2n) is 7.74. The normalized spacial score (nSPS) is 17.7. The Labute approximate surface area is 178 Å². The molecule has 0 aliphatic carbocycles. The number of ketones is 1. The molecule has 2 atom stereocenters. The van der Waals surface area contributed by atoms with Gasteiger partial charge >= 0.3 is 0 Å². The predicted octanol–water partition coefficient (Wildman–Crippen LogP) is 6.38. The molecular formula is C25H32F2N2O. The van der Waals surface area contributed by atoms with Gasteiger partial charge in [0.15, 0.2) is 11.6 Å². The van der Waals surface area contributed by atoms with E-state index in [0.29, 0.717) is 18.4 Å². The third kappa shape index (κ3) is 7.05. The van der Waals surface area contributed by atoms with Crippen LogP contribution in [0.3, 0.4) is 0 Å². The zero-order chi connectivity index (χ0) is 21.9. The molecule has 2 unspecified atom stereocenters. The fraction of sp³-hybridized carbons (Fsp3) is 0.440. The lowest BCUT2D eigenvalue weighted by atomic mass is 9.88. The van der Waals surface area contributed by atoms with Crippen molar-refractivity contribution >= 4 is 11.5 Å². The number of carbonyl (C=O) groups is 1. The average molecular weight is 415 g/mol. The van der Waals surface area contributed by atoms with Gasteiger partial charge in [-0.25, -0.2) is 8.78 Å². The molecule has 1 aromatic carbocycles. The van der Waals surface area contributed by atoms with E-state index in [4.69, 9.17) is 0 Å². The minimum Gasteiger partial charge on any atom is -0.306 e. The summed E-state index contributed by atoms with van der Waals surface area (Å²) in [5.74, 6) is -1.61. The van der Waals surface area contributed by atoms with Gasteiger partial charge < -0.3 is 5.43 Å². The zero-order valence-corrected chi connectivity index (χ0v) is 18.0. The van der Waals surface area contributed by atoms with Gasteiger partial charge in [-0.1, -0.05) is 50.3 Å². The molecule has 30 heavy (non-hydrogen) atoms. The average Bonchev–Trinajstić information content (AvgIpc) is 3.18. The van der Waals surface area contributed by atoms with Crippen LogP contribution in [0.1, 0.15) is 70.3 Å². The Morgan fingerprint density at radius 2 is 2.17 bits per heavy atom. The van der Waals surface area contributed by atoms with E-state index < -0.39 is 11.6 Å². The molecule has 0 saturated heterocycles. The van der Waals surface area contributed by atoms with E-state index in [2.05, 4.69) is 17.1 Å². The first-order valence-corrected chi connectivity index (χ1v) is 10.7. The highest BCUT2D eigenvalue weighted by molar-refractivity contribution is 6.03. The summed E-state index contributed by atoms with van der Waals surface area (Å²) in [6.07, 6.45) is 12.7. The van der Waals surface area contributed by atoms with E-state index in [-0.39, 0.29) is 17.7 Å². The summed E-state index contributed by atoms with van der Waals surface area (Å²) in [6, 6.07) is 4.18. The molecule has 162 valence electrons. The third-order valence-electron chi connectivity index (χ3n) is 5.33. The van der Waals surface area contributed by atoms with Gasteiger partial charge in [0.25, 0.3) is 0 Å². The number of carbonyl (C=O) groups excluding carboxylic acids is 1. The molecule has 1 aromatic rings. The molecule has 0 spiro atoms. The minimum atomic E-state index is -0.855. The Balaban J connectivity index is 1.82. The molecule has 0 amide bonds. The number of allylic oxidation sites excluding steroid dienone is 5. The topological polar surface area (TPSA) is 41.5 Å². The lowest BCUT2D eigenvalue weighted by Gasteiger charge is -2.16. The van der Waals surface area contributed by atoms with Crippen LogP contribution in [-0.2, 0) is 4.79 Å². The Morgan fingerprint density at radius 3 is 2.83 bits per heavy atom. The van der Waals surface area contributed by atoms with E-state index in [1.807, 2.05) is 32.1 Å². The summed E-state index contributed by atoms with van der Waals surface area (Å²) in [5, 5.41) is 4.43. The molecule has 1 aliphatic rings. The number of hydrogen-bond acceptors (Lipinski definition) is 3. The minimum absolute atomic E-state index is 0.0652. The number of hydrazone groups is 1. The second-order valence-corrected chi connectivity index (χ2v) is 7.74. The maximum absolute atomic E-state index is 13.6. The van der Waals surface area contributed by atoms with E-state index >= 15 is 0 Å². The van der Waals surface area contributed by atoms with Gasteiger partial charge in [0.2, 0.25) is 0 Å². The van der Waals surface area contributed by atoms with Crippen molar-refractivity contribution in [1.82, 2.24) is 5.43 Å². The highest BCUT2D eigenvalue weighted by atomic mass is 19.2. The van der Waals surface area contributed by atoms with E-state index in [1.165, 1.54) is 6.07 Å². The molecule has 0 fully saturated rings. The van der Waals surface area contributed by atoms with Crippen molar-refractivity contribution in [1.29, 1.82) is 0 Å². The fourth-order valence-corrected chi connectivity index (χ4v) is 3.82. The van der Waals surface area contributed by atoms with Crippen LogP contribution >= 0.6 is 0 Å². The summed E-state index contributed by atoms with van der Waals surface area (Å²) < 4.78 is 26.8. The monoisotopic (exact) mass is 414 g/mol. The maximum Gasteiger partial charge on any atom is 0.159 e. The molecule has 0 saturated carbocycles. The highest BCUT2D eigenvalue weighted by Gasteiger charge is 2.21. The molecule has 2 rings (SSSR count). The first-order chi connectivity index (χ1) is 14.5. The van der Waals surface area contributed by atoms with Crippen LogP contribution in [0.25, 0.3) is 0 Å². The van der Waals surface area contributed by atoms with Gasteiger partial charge in [0.1, 0.15) is 5.78 Å². The van der Waals surface area contributed by atoms with E-state index in [9.17, 15) is 13.6 Å². The van der Waals surface area contributed by atoms with Gasteiger partial charge in [-0.3, -0.25) is 4.79 Å². The van der Waals surface area contributed by atoms with Crippen LogP contribution in [0.5, 0.6) is 0 Å². The third-order valence-corrected chi connectivity index (χ3v) is 5.33.